The molecule has 1 aromatic rings. The van der Waals surface area contributed by atoms with Crippen molar-refractivity contribution in [2.24, 2.45) is 22.7 Å². The smallest absolute Gasteiger partial charge is 0.315 e. The monoisotopic (exact) mass is 689 g/mol. The van der Waals surface area contributed by atoms with E-state index in [9.17, 15) is 24.0 Å². The number of amides is 5. The quantitative estimate of drug-likeness (QED) is 0.133. The van der Waals surface area contributed by atoms with E-state index in [2.05, 4.69) is 47.6 Å². The van der Waals surface area contributed by atoms with Crippen LogP contribution >= 0.6 is 0 Å². The number of ether oxygens (including phenoxy) is 1. The van der Waals surface area contributed by atoms with Crippen LogP contribution in [0, 0.1) is 35.0 Å². The maximum absolute atomic E-state index is 14.5. The van der Waals surface area contributed by atoms with Crippen molar-refractivity contribution in [1.29, 1.82) is 0 Å². The third-order valence-corrected chi connectivity index (χ3v) is 10.9. The molecule has 50 heavy (non-hydrogen) atoms. The molecule has 0 radical (unpaired) electrons. The summed E-state index contributed by atoms with van der Waals surface area (Å²) in [5.41, 5.74) is -0.327. The van der Waals surface area contributed by atoms with E-state index in [1.807, 2.05) is 45.0 Å². The lowest BCUT2D eigenvalue weighted by Crippen LogP contribution is -2.63. The van der Waals surface area contributed by atoms with E-state index in [0.717, 1.165) is 43.4 Å². The molecule has 2 saturated carbocycles. The van der Waals surface area contributed by atoms with Gasteiger partial charge in [-0.25, -0.2) is 4.79 Å². The number of rotatable bonds is 14. The summed E-state index contributed by atoms with van der Waals surface area (Å²) >= 11 is 0. The summed E-state index contributed by atoms with van der Waals surface area (Å²) < 4.78 is 5.43. The van der Waals surface area contributed by atoms with Crippen LogP contribution in [0.3, 0.4) is 0 Å². The molecule has 0 spiro atoms. The number of ketones is 1. The number of carbonyl (C=O) groups is 5. The fraction of sp³-hybridized carbons (Fsp3) is 0.615. The van der Waals surface area contributed by atoms with Crippen LogP contribution in [-0.2, 0) is 25.6 Å². The number of hydrogen-bond acceptors (Lipinski definition) is 6. The zero-order valence-corrected chi connectivity index (χ0v) is 30.5. The number of hydrogen-bond donors (Lipinski definition) is 4. The Hall–Kier alpha value is -4.33. The van der Waals surface area contributed by atoms with Crippen molar-refractivity contribution in [3.05, 3.63) is 42.5 Å². The summed E-state index contributed by atoms with van der Waals surface area (Å²) in [6.45, 7) is 13.8. The molecule has 0 bridgehead atoms. The highest BCUT2D eigenvalue weighted by Crippen LogP contribution is 2.65. The molecule has 1 heterocycles. The Morgan fingerprint density at radius 1 is 1.12 bits per heavy atom. The molecule has 11 heteroatoms. The van der Waals surface area contributed by atoms with Gasteiger partial charge in [0.25, 0.3) is 5.91 Å². The number of Topliss-reactive ketones (excluding diaryl/α,β-unsaturated/α-hetero) is 1. The van der Waals surface area contributed by atoms with Gasteiger partial charge in [0.05, 0.1) is 13.2 Å². The van der Waals surface area contributed by atoms with E-state index in [-0.39, 0.29) is 42.5 Å². The van der Waals surface area contributed by atoms with Gasteiger partial charge in [0.1, 0.15) is 17.8 Å². The number of methoxy groups -OCH3 is 1. The van der Waals surface area contributed by atoms with Crippen molar-refractivity contribution in [2.45, 2.75) is 110 Å². The van der Waals surface area contributed by atoms with Crippen molar-refractivity contribution in [3.63, 3.8) is 0 Å². The highest BCUT2D eigenvalue weighted by molar-refractivity contribution is 6.38. The second kappa shape index (κ2) is 15.7. The maximum atomic E-state index is 14.5. The number of likely N-dealkylation sites (tertiary alicyclic amines) is 1. The normalized spacial score (nSPS) is 22.8. The molecule has 1 aliphatic heterocycles. The Labute approximate surface area is 297 Å². The molecule has 4 rings (SSSR count). The van der Waals surface area contributed by atoms with E-state index in [1.165, 1.54) is 6.08 Å². The average molecular weight is 690 g/mol. The van der Waals surface area contributed by atoms with Gasteiger partial charge in [-0.2, -0.15) is 0 Å². The standard InChI is InChI=1S/C39H55N5O6/c1-9-11-18-28(31(45)34(47)40-21-10-2)41-33(46)30-29-27(38(29,6)7)24-44(30)35(48)32(37(3,4)5)42-36(49)43-39(19-13-12-14-20-39)23-25-16-15-17-26(22-25)50-8/h1,10,15-17,22,27-30,32H,2,11-14,18-21,23-24H2,3-8H3,(H,40,47)(H,41,46)(H2,42,43,49)/t27-,28?,29-,30-,32+/m0/s1. The summed E-state index contributed by atoms with van der Waals surface area (Å²) in [5.74, 6) is 0.611. The molecule has 1 aromatic carbocycles. The molecule has 11 nitrogen and oxygen atoms in total. The Balaban J connectivity index is 1.54. The Kier molecular flexibility index (Phi) is 12.1. The van der Waals surface area contributed by atoms with Crippen LogP contribution in [0.2, 0.25) is 0 Å². The third kappa shape index (κ3) is 8.69. The number of piperidine rings is 1. The number of nitrogens with zero attached hydrogens (tertiary/aromatic N) is 1. The van der Waals surface area contributed by atoms with Crippen LogP contribution < -0.4 is 26.0 Å². The van der Waals surface area contributed by atoms with Crippen LogP contribution in [0.4, 0.5) is 4.79 Å². The van der Waals surface area contributed by atoms with E-state index in [4.69, 9.17) is 11.2 Å². The molecule has 3 aliphatic rings. The molecule has 3 fully saturated rings. The molecule has 0 aromatic heterocycles. The van der Waals surface area contributed by atoms with Gasteiger partial charge in [0.2, 0.25) is 17.6 Å². The Morgan fingerprint density at radius 3 is 2.44 bits per heavy atom. The first-order valence-electron chi connectivity index (χ1n) is 17.8. The summed E-state index contributed by atoms with van der Waals surface area (Å²) in [6.07, 6.45) is 12.5. The summed E-state index contributed by atoms with van der Waals surface area (Å²) in [5, 5.41) is 11.5. The maximum Gasteiger partial charge on any atom is 0.315 e. The molecule has 1 unspecified atom stereocenters. The number of urea groups is 1. The first kappa shape index (κ1) is 38.5. The lowest BCUT2D eigenvalue weighted by Gasteiger charge is -2.41. The Bertz CT molecular complexity index is 1500. The van der Waals surface area contributed by atoms with E-state index in [1.54, 1.807) is 12.0 Å². The number of benzene rings is 1. The van der Waals surface area contributed by atoms with Gasteiger partial charge < -0.3 is 30.9 Å². The topological polar surface area (TPSA) is 146 Å². The van der Waals surface area contributed by atoms with Crippen LogP contribution in [0.15, 0.2) is 36.9 Å². The fourth-order valence-corrected chi connectivity index (χ4v) is 7.95. The minimum Gasteiger partial charge on any atom is -0.497 e. The first-order valence-corrected chi connectivity index (χ1v) is 17.8. The molecule has 1 saturated heterocycles. The lowest BCUT2D eigenvalue weighted by atomic mass is 9.77. The minimum atomic E-state index is -1.15. The van der Waals surface area contributed by atoms with Crippen LogP contribution in [0.1, 0.15) is 85.1 Å². The minimum absolute atomic E-state index is 0.0702. The lowest BCUT2D eigenvalue weighted by molar-refractivity contribution is -0.145. The van der Waals surface area contributed by atoms with Crippen LogP contribution in [-0.4, -0.2) is 78.3 Å². The second-order valence-electron chi connectivity index (χ2n) is 15.8. The number of terminal acetylenes is 1. The van der Waals surface area contributed by atoms with Gasteiger partial charge in [0.15, 0.2) is 0 Å². The highest BCUT2D eigenvalue weighted by Gasteiger charge is 2.70. The largest absolute Gasteiger partial charge is 0.497 e. The molecular formula is C39H55N5O6. The molecular weight excluding hydrogens is 634 g/mol. The van der Waals surface area contributed by atoms with Gasteiger partial charge in [0, 0.05) is 25.0 Å². The fourth-order valence-electron chi connectivity index (χ4n) is 7.95. The van der Waals surface area contributed by atoms with E-state index < -0.39 is 52.7 Å². The molecule has 272 valence electrons. The predicted molar refractivity (Wildman–Crippen MR) is 192 cm³/mol. The van der Waals surface area contributed by atoms with Gasteiger partial charge in [-0.05, 0) is 66.0 Å². The SMILES string of the molecule is C#CCCC(NC(=O)[C@@H]1[C@@H]2[C@H](CN1C(=O)[C@@H](NC(=O)NC1(Cc3cccc(OC)c3)CCCCC1)C(C)(C)C)C2(C)C)C(=O)C(=O)NCC=C. The Morgan fingerprint density at radius 2 is 1.82 bits per heavy atom. The zero-order chi connectivity index (χ0) is 36.9. The third-order valence-electron chi connectivity index (χ3n) is 10.9. The summed E-state index contributed by atoms with van der Waals surface area (Å²) in [7, 11) is 1.63. The average Bonchev–Trinajstić information content (AvgIpc) is 3.37. The van der Waals surface area contributed by atoms with Crippen molar-refractivity contribution < 1.29 is 28.7 Å². The van der Waals surface area contributed by atoms with Crippen molar-refractivity contribution >= 4 is 29.5 Å². The van der Waals surface area contributed by atoms with Gasteiger partial charge >= 0.3 is 6.03 Å². The molecule has 4 N–H and O–H groups in total. The van der Waals surface area contributed by atoms with Crippen molar-refractivity contribution in [2.75, 3.05) is 20.2 Å². The number of nitrogens with one attached hydrogen (secondary N) is 4. The molecule has 5 amide bonds. The first-order chi connectivity index (χ1) is 23.6. The summed E-state index contributed by atoms with van der Waals surface area (Å²) in [4.78, 5) is 69.6. The van der Waals surface area contributed by atoms with Crippen molar-refractivity contribution in [1.82, 2.24) is 26.2 Å². The van der Waals surface area contributed by atoms with Gasteiger partial charge in [-0.15, -0.1) is 18.9 Å². The van der Waals surface area contributed by atoms with Crippen LogP contribution in [0.25, 0.3) is 0 Å². The molecule has 2 aliphatic carbocycles. The number of fused-ring (bicyclic) bond motifs is 1. The van der Waals surface area contributed by atoms with E-state index in [0.29, 0.717) is 13.0 Å². The van der Waals surface area contributed by atoms with Gasteiger partial charge in [-0.3, -0.25) is 19.2 Å². The predicted octanol–water partition coefficient (Wildman–Crippen LogP) is 3.91. The second-order valence-corrected chi connectivity index (χ2v) is 15.8. The molecule has 5 atom stereocenters. The van der Waals surface area contributed by atoms with Gasteiger partial charge in [-0.1, -0.05) is 72.1 Å². The van der Waals surface area contributed by atoms with E-state index >= 15 is 0 Å². The zero-order valence-electron chi connectivity index (χ0n) is 30.5. The highest BCUT2D eigenvalue weighted by atomic mass is 16.5. The number of carbonyl (C=O) groups excluding carboxylic acids is 5. The van der Waals surface area contributed by atoms with Crippen molar-refractivity contribution in [3.8, 4) is 18.1 Å². The van der Waals surface area contributed by atoms with Crippen LogP contribution in [0.5, 0.6) is 5.75 Å². The summed E-state index contributed by atoms with van der Waals surface area (Å²) in [6, 6.07) is 4.44.